The van der Waals surface area contributed by atoms with Gasteiger partial charge in [-0.2, -0.15) is 0 Å². The average Bonchev–Trinajstić information content (AvgIpc) is 3.44. The van der Waals surface area contributed by atoms with Crippen molar-refractivity contribution in [3.8, 4) is 0 Å². The van der Waals surface area contributed by atoms with Crippen LogP contribution in [0.3, 0.4) is 0 Å². The fraction of sp³-hybridized carbons (Fsp3) is 0.762. The van der Waals surface area contributed by atoms with E-state index >= 15 is 0 Å². The minimum atomic E-state index is -0.714. The number of epoxide rings is 2. The Morgan fingerprint density at radius 1 is 1.21 bits per heavy atom. The molecule has 0 unspecified atom stereocenters. The predicted octanol–water partition coefficient (Wildman–Crippen LogP) is 1.84. The lowest BCUT2D eigenvalue weighted by Gasteiger charge is -2.26. The van der Waals surface area contributed by atoms with Crippen LogP contribution in [-0.4, -0.2) is 60.1 Å². The maximum absolute atomic E-state index is 12.7. The Morgan fingerprint density at radius 3 is 2.59 bits per heavy atom. The lowest BCUT2D eigenvalue weighted by Crippen LogP contribution is -2.37. The van der Waals surface area contributed by atoms with E-state index in [9.17, 15) is 14.4 Å². The molecule has 4 rings (SSSR count). The van der Waals surface area contributed by atoms with Gasteiger partial charge in [-0.05, 0) is 26.7 Å². The zero-order valence-corrected chi connectivity index (χ0v) is 17.5. The molecule has 0 aromatic heterocycles. The molecule has 0 spiro atoms. The van der Waals surface area contributed by atoms with Gasteiger partial charge in [-0.25, -0.2) is 4.79 Å². The van der Waals surface area contributed by atoms with Gasteiger partial charge in [-0.3, -0.25) is 9.59 Å². The Balaban J connectivity index is 1.74. The topological polar surface area (TPSA) is 104 Å². The summed E-state index contributed by atoms with van der Waals surface area (Å²) in [6.07, 6.45) is 0.376. The van der Waals surface area contributed by atoms with Crippen molar-refractivity contribution in [2.45, 2.75) is 89.5 Å². The van der Waals surface area contributed by atoms with Crippen LogP contribution in [0, 0.1) is 5.92 Å². The summed E-state index contributed by atoms with van der Waals surface area (Å²) in [6, 6.07) is 0. The van der Waals surface area contributed by atoms with Crippen LogP contribution in [0.5, 0.6) is 0 Å². The van der Waals surface area contributed by atoms with Crippen LogP contribution in [0.4, 0.5) is 0 Å². The highest BCUT2D eigenvalue weighted by Crippen LogP contribution is 2.54. The maximum atomic E-state index is 12.7. The third kappa shape index (κ3) is 3.68. The fourth-order valence-electron chi connectivity index (χ4n) is 4.41. The second kappa shape index (κ2) is 6.80. The molecular weight excluding hydrogens is 380 g/mol. The van der Waals surface area contributed by atoms with Gasteiger partial charge < -0.3 is 23.7 Å². The van der Waals surface area contributed by atoms with Crippen molar-refractivity contribution >= 4 is 17.9 Å². The molecule has 29 heavy (non-hydrogen) atoms. The SMILES string of the molecule is CC(=O)OCC1=C2[C@@H](OC(=O)C(C)C)C[C@@]3(C)O[C@@H]3CC[C@@]3(C)O[C@@H]3[C@H]2OC1=O. The van der Waals surface area contributed by atoms with Crippen LogP contribution in [-0.2, 0) is 38.1 Å². The van der Waals surface area contributed by atoms with Crippen molar-refractivity contribution < 1.29 is 38.1 Å². The molecule has 6 atom stereocenters. The van der Waals surface area contributed by atoms with E-state index in [1.807, 2.05) is 13.8 Å². The molecule has 2 saturated heterocycles. The third-order valence-corrected chi connectivity index (χ3v) is 6.38. The summed E-state index contributed by atoms with van der Waals surface area (Å²) in [4.78, 5) is 36.5. The number of carbonyl (C=O) groups excluding carboxylic acids is 3. The number of rotatable bonds is 4. The Bertz CT molecular complexity index is 786. The van der Waals surface area contributed by atoms with E-state index in [1.54, 1.807) is 13.8 Å². The summed E-state index contributed by atoms with van der Waals surface area (Å²) in [5.41, 5.74) is -0.109. The van der Waals surface area contributed by atoms with E-state index in [4.69, 9.17) is 23.7 Å². The summed E-state index contributed by atoms with van der Waals surface area (Å²) in [7, 11) is 0. The van der Waals surface area contributed by atoms with Gasteiger partial charge in [0, 0.05) is 18.9 Å². The van der Waals surface area contributed by atoms with Crippen molar-refractivity contribution in [3.63, 3.8) is 0 Å². The van der Waals surface area contributed by atoms with E-state index in [-0.39, 0.29) is 36.3 Å². The van der Waals surface area contributed by atoms with Crippen LogP contribution in [0.1, 0.15) is 53.9 Å². The molecule has 0 radical (unpaired) electrons. The van der Waals surface area contributed by atoms with Gasteiger partial charge in [0.25, 0.3) is 0 Å². The highest BCUT2D eigenvalue weighted by atomic mass is 16.7. The first-order valence-electron chi connectivity index (χ1n) is 10.2. The number of hydrogen-bond acceptors (Lipinski definition) is 8. The Labute approximate surface area is 169 Å². The molecule has 0 bridgehead atoms. The second-order valence-electron chi connectivity index (χ2n) is 9.13. The van der Waals surface area contributed by atoms with Crippen molar-refractivity contribution in [1.29, 1.82) is 0 Å². The molecule has 0 N–H and O–H groups in total. The standard InChI is InChI=1S/C21H28O8/c1-10(2)18(23)26-13-8-21(5)14(28-21)6-7-20(4)17(29-20)16-15(13)12(19(24)27-16)9-25-11(3)22/h10,13-14,16-17H,6-9H2,1-5H3/t13-,14+,16-,17+,20+,21+/m0/s1. The van der Waals surface area contributed by atoms with Crippen LogP contribution in [0.2, 0.25) is 0 Å². The van der Waals surface area contributed by atoms with Gasteiger partial charge in [0.05, 0.1) is 28.8 Å². The number of esters is 3. The van der Waals surface area contributed by atoms with E-state index < -0.39 is 35.3 Å². The highest BCUT2D eigenvalue weighted by Gasteiger charge is 2.65. The average molecular weight is 408 g/mol. The largest absolute Gasteiger partial charge is 0.461 e. The van der Waals surface area contributed by atoms with Crippen LogP contribution in [0.25, 0.3) is 0 Å². The molecule has 3 fully saturated rings. The first-order valence-corrected chi connectivity index (χ1v) is 10.2. The van der Waals surface area contributed by atoms with Crippen molar-refractivity contribution in [2.24, 2.45) is 5.92 Å². The zero-order valence-electron chi connectivity index (χ0n) is 17.5. The smallest absolute Gasteiger partial charge is 0.338 e. The summed E-state index contributed by atoms with van der Waals surface area (Å²) in [5, 5.41) is 0. The third-order valence-electron chi connectivity index (χ3n) is 6.38. The van der Waals surface area contributed by atoms with E-state index in [0.29, 0.717) is 12.0 Å². The zero-order chi connectivity index (χ0) is 21.1. The number of carbonyl (C=O) groups is 3. The lowest BCUT2D eigenvalue weighted by atomic mass is 9.83. The van der Waals surface area contributed by atoms with Crippen molar-refractivity contribution in [3.05, 3.63) is 11.1 Å². The first kappa shape index (κ1) is 20.3. The first-order chi connectivity index (χ1) is 13.5. The van der Waals surface area contributed by atoms with Crippen LogP contribution < -0.4 is 0 Å². The molecule has 0 amide bonds. The quantitative estimate of drug-likeness (QED) is 0.394. The van der Waals surface area contributed by atoms with E-state index in [1.165, 1.54) is 6.92 Å². The minimum Gasteiger partial charge on any atom is -0.461 e. The van der Waals surface area contributed by atoms with Gasteiger partial charge in [0.15, 0.2) is 6.10 Å². The molecule has 1 aliphatic carbocycles. The van der Waals surface area contributed by atoms with Gasteiger partial charge in [0.2, 0.25) is 0 Å². The molecule has 3 aliphatic heterocycles. The summed E-state index contributed by atoms with van der Waals surface area (Å²) < 4.78 is 28.5. The van der Waals surface area contributed by atoms with Gasteiger partial charge in [0.1, 0.15) is 18.8 Å². The van der Waals surface area contributed by atoms with Crippen LogP contribution in [0.15, 0.2) is 11.1 Å². The second-order valence-corrected chi connectivity index (χ2v) is 9.13. The molecule has 4 aliphatic rings. The molecule has 0 aromatic carbocycles. The van der Waals surface area contributed by atoms with E-state index in [0.717, 1.165) is 12.8 Å². The highest BCUT2D eigenvalue weighted by molar-refractivity contribution is 5.93. The van der Waals surface area contributed by atoms with Crippen LogP contribution >= 0.6 is 0 Å². The molecule has 1 saturated carbocycles. The Kier molecular flexibility index (Phi) is 4.77. The van der Waals surface area contributed by atoms with Gasteiger partial charge in [-0.15, -0.1) is 0 Å². The lowest BCUT2D eigenvalue weighted by molar-refractivity contribution is -0.152. The predicted molar refractivity (Wildman–Crippen MR) is 98.7 cm³/mol. The Morgan fingerprint density at radius 2 is 1.93 bits per heavy atom. The molecule has 3 heterocycles. The summed E-state index contributed by atoms with van der Waals surface area (Å²) in [5.74, 6) is -1.77. The van der Waals surface area contributed by atoms with Crippen molar-refractivity contribution in [1.82, 2.24) is 0 Å². The van der Waals surface area contributed by atoms with Gasteiger partial charge >= 0.3 is 17.9 Å². The fourth-order valence-corrected chi connectivity index (χ4v) is 4.41. The maximum Gasteiger partial charge on any atom is 0.338 e. The number of fused-ring (bicyclic) bond motifs is 4. The van der Waals surface area contributed by atoms with Crippen molar-refractivity contribution in [2.75, 3.05) is 6.61 Å². The number of ether oxygens (including phenoxy) is 5. The minimum absolute atomic E-state index is 0.0523. The molecule has 160 valence electrons. The Hall–Kier alpha value is -1.93. The van der Waals surface area contributed by atoms with E-state index in [2.05, 4.69) is 0 Å². The molecule has 0 aromatic rings. The normalized spacial score (nSPS) is 40.4. The molecule has 8 nitrogen and oxygen atoms in total. The monoisotopic (exact) mass is 408 g/mol. The summed E-state index contributed by atoms with van der Waals surface area (Å²) >= 11 is 0. The van der Waals surface area contributed by atoms with Gasteiger partial charge in [-0.1, -0.05) is 13.8 Å². The molecular formula is C21H28O8. The summed E-state index contributed by atoms with van der Waals surface area (Å²) in [6.45, 7) is 8.54. The number of hydrogen-bond donors (Lipinski definition) is 0. The molecule has 8 heteroatoms.